The van der Waals surface area contributed by atoms with E-state index in [1.165, 1.54) is 11.3 Å². The van der Waals surface area contributed by atoms with Crippen molar-refractivity contribution in [2.45, 2.75) is 26.8 Å². The van der Waals surface area contributed by atoms with Gasteiger partial charge in [0.1, 0.15) is 11.5 Å². The summed E-state index contributed by atoms with van der Waals surface area (Å²) in [5.41, 5.74) is 3.46. The molecule has 0 saturated heterocycles. The van der Waals surface area contributed by atoms with Crippen molar-refractivity contribution >= 4 is 23.4 Å². The molecule has 0 N–H and O–H groups in total. The highest BCUT2D eigenvalue weighted by Crippen LogP contribution is 2.31. The molecule has 2 heterocycles. The number of aromatic nitrogens is 1. The van der Waals surface area contributed by atoms with Crippen molar-refractivity contribution in [3.05, 3.63) is 127 Å². The Kier molecular flexibility index (Phi) is 6.88. The smallest absolute Gasteiger partial charge is 0.338 e. The zero-order chi connectivity index (χ0) is 25.9. The zero-order valence-electron chi connectivity index (χ0n) is 20.8. The molecule has 5 rings (SSSR count). The molecule has 4 aromatic rings. The molecule has 0 saturated carbocycles. The van der Waals surface area contributed by atoms with E-state index in [1.807, 2.05) is 91.9 Å². The van der Waals surface area contributed by atoms with Crippen LogP contribution in [0, 0.1) is 6.92 Å². The molecular formula is C30H26N2O4S. The van der Waals surface area contributed by atoms with E-state index in [2.05, 4.69) is 4.99 Å². The number of ether oxygens (including phenoxy) is 2. The van der Waals surface area contributed by atoms with Crippen LogP contribution in [0.5, 0.6) is 11.5 Å². The quantitative estimate of drug-likeness (QED) is 0.346. The van der Waals surface area contributed by atoms with E-state index in [1.54, 1.807) is 18.4 Å². The van der Waals surface area contributed by atoms with Gasteiger partial charge in [0.05, 0.1) is 28.5 Å². The van der Waals surface area contributed by atoms with E-state index >= 15 is 0 Å². The van der Waals surface area contributed by atoms with Gasteiger partial charge in [0.15, 0.2) is 4.80 Å². The van der Waals surface area contributed by atoms with Gasteiger partial charge in [-0.05, 0) is 62.2 Å². The minimum Gasteiger partial charge on any atom is -0.463 e. The molecule has 0 bridgehead atoms. The van der Waals surface area contributed by atoms with Crippen molar-refractivity contribution in [3.8, 4) is 11.5 Å². The maximum Gasteiger partial charge on any atom is 0.338 e. The fraction of sp³-hybridized carbons (Fsp3) is 0.167. The fourth-order valence-electron chi connectivity index (χ4n) is 4.30. The van der Waals surface area contributed by atoms with Crippen LogP contribution in [0.4, 0.5) is 0 Å². The van der Waals surface area contributed by atoms with Gasteiger partial charge in [0.25, 0.3) is 5.56 Å². The Balaban J connectivity index is 1.61. The van der Waals surface area contributed by atoms with Crippen molar-refractivity contribution in [2.75, 3.05) is 6.61 Å². The second-order valence-corrected chi connectivity index (χ2v) is 9.71. The van der Waals surface area contributed by atoms with Gasteiger partial charge < -0.3 is 9.47 Å². The van der Waals surface area contributed by atoms with Crippen LogP contribution in [-0.2, 0) is 9.53 Å². The average Bonchev–Trinajstić information content (AvgIpc) is 3.19. The van der Waals surface area contributed by atoms with Crippen molar-refractivity contribution in [2.24, 2.45) is 4.99 Å². The topological polar surface area (TPSA) is 69.9 Å². The van der Waals surface area contributed by atoms with Crippen LogP contribution >= 0.6 is 11.3 Å². The number of benzene rings is 3. The summed E-state index contributed by atoms with van der Waals surface area (Å²) < 4.78 is 13.4. The lowest BCUT2D eigenvalue weighted by molar-refractivity contribution is -0.139. The van der Waals surface area contributed by atoms with Gasteiger partial charge in [0, 0.05) is 0 Å². The van der Waals surface area contributed by atoms with E-state index in [0.717, 1.165) is 22.4 Å². The summed E-state index contributed by atoms with van der Waals surface area (Å²) in [6.07, 6.45) is 1.83. The predicted octanol–water partition coefficient (Wildman–Crippen LogP) is 4.90. The summed E-state index contributed by atoms with van der Waals surface area (Å²) in [7, 11) is 0. The summed E-state index contributed by atoms with van der Waals surface area (Å²) in [5.74, 6) is 0.944. The van der Waals surface area contributed by atoms with Gasteiger partial charge in [-0.3, -0.25) is 9.36 Å². The number of para-hydroxylation sites is 1. The molecule has 0 fully saturated rings. The number of rotatable bonds is 6. The molecular weight excluding hydrogens is 484 g/mol. The van der Waals surface area contributed by atoms with Gasteiger partial charge in [-0.25, -0.2) is 9.79 Å². The molecule has 37 heavy (non-hydrogen) atoms. The SMILES string of the molecule is CCOC(=O)C1=C(C)N=c2s/c(=C/c3cccc(Oc4ccccc4)c3)c(=O)n2[C@H]1c1ccc(C)cc1. The Morgan fingerprint density at radius 2 is 1.73 bits per heavy atom. The largest absolute Gasteiger partial charge is 0.463 e. The number of esters is 1. The third kappa shape index (κ3) is 5.04. The molecule has 0 unspecified atom stereocenters. The molecule has 1 atom stereocenters. The van der Waals surface area contributed by atoms with Gasteiger partial charge in [-0.1, -0.05) is 71.5 Å². The van der Waals surface area contributed by atoms with E-state index in [4.69, 9.17) is 9.47 Å². The van der Waals surface area contributed by atoms with Crippen LogP contribution in [0.15, 0.2) is 99.9 Å². The Morgan fingerprint density at radius 1 is 1.00 bits per heavy atom. The third-order valence-corrected chi connectivity index (χ3v) is 7.03. The molecule has 0 amide bonds. The lowest BCUT2D eigenvalue weighted by Gasteiger charge is -2.24. The highest BCUT2D eigenvalue weighted by molar-refractivity contribution is 7.07. The number of carbonyl (C=O) groups excluding carboxylic acids is 1. The van der Waals surface area contributed by atoms with E-state index in [-0.39, 0.29) is 12.2 Å². The average molecular weight is 511 g/mol. The molecule has 3 aromatic carbocycles. The minimum absolute atomic E-state index is 0.210. The summed E-state index contributed by atoms with van der Waals surface area (Å²) in [4.78, 5) is 31.9. The number of aryl methyl sites for hydroxylation is 1. The van der Waals surface area contributed by atoms with E-state index < -0.39 is 12.0 Å². The van der Waals surface area contributed by atoms with Crippen LogP contribution in [0.3, 0.4) is 0 Å². The Morgan fingerprint density at radius 3 is 2.46 bits per heavy atom. The minimum atomic E-state index is -0.620. The number of allylic oxidation sites excluding steroid dienone is 1. The van der Waals surface area contributed by atoms with Crippen LogP contribution < -0.4 is 19.6 Å². The number of nitrogens with zero attached hydrogens (tertiary/aromatic N) is 2. The summed E-state index contributed by atoms with van der Waals surface area (Å²) >= 11 is 1.30. The first-order valence-electron chi connectivity index (χ1n) is 12.0. The van der Waals surface area contributed by atoms with Crippen molar-refractivity contribution in [1.82, 2.24) is 4.57 Å². The first-order valence-corrected chi connectivity index (χ1v) is 12.9. The highest BCUT2D eigenvalue weighted by atomic mass is 32.1. The maximum absolute atomic E-state index is 13.8. The van der Waals surface area contributed by atoms with Crippen LogP contribution in [0.1, 0.15) is 36.6 Å². The number of fused-ring (bicyclic) bond motifs is 1. The van der Waals surface area contributed by atoms with E-state index in [0.29, 0.717) is 26.4 Å². The van der Waals surface area contributed by atoms with Gasteiger partial charge in [-0.15, -0.1) is 0 Å². The molecule has 1 aromatic heterocycles. The lowest BCUT2D eigenvalue weighted by atomic mass is 9.95. The molecule has 6 nitrogen and oxygen atoms in total. The van der Waals surface area contributed by atoms with Crippen LogP contribution in [-0.4, -0.2) is 17.1 Å². The Hall–Kier alpha value is -4.23. The molecule has 186 valence electrons. The molecule has 1 aliphatic heterocycles. The number of hydrogen-bond acceptors (Lipinski definition) is 6. The van der Waals surface area contributed by atoms with Crippen LogP contribution in [0.25, 0.3) is 6.08 Å². The highest BCUT2D eigenvalue weighted by Gasteiger charge is 2.33. The fourth-order valence-corrected chi connectivity index (χ4v) is 5.35. The molecule has 1 aliphatic rings. The summed E-state index contributed by atoms with van der Waals surface area (Å²) in [5, 5.41) is 0. The number of carbonyl (C=O) groups is 1. The first kappa shape index (κ1) is 24.5. The molecule has 0 spiro atoms. The molecule has 0 aliphatic carbocycles. The van der Waals surface area contributed by atoms with E-state index in [9.17, 15) is 9.59 Å². The van der Waals surface area contributed by atoms with Gasteiger partial charge in [-0.2, -0.15) is 0 Å². The zero-order valence-corrected chi connectivity index (χ0v) is 21.6. The normalized spacial score (nSPS) is 15.2. The molecule has 0 radical (unpaired) electrons. The second-order valence-electron chi connectivity index (χ2n) is 8.70. The number of hydrogen-bond donors (Lipinski definition) is 0. The van der Waals surface area contributed by atoms with Crippen molar-refractivity contribution in [3.63, 3.8) is 0 Å². The van der Waals surface area contributed by atoms with Crippen molar-refractivity contribution in [1.29, 1.82) is 0 Å². The molecule has 7 heteroatoms. The first-order chi connectivity index (χ1) is 17.9. The number of thiazole rings is 1. The second kappa shape index (κ2) is 10.4. The van der Waals surface area contributed by atoms with Gasteiger partial charge >= 0.3 is 5.97 Å². The maximum atomic E-state index is 13.8. The lowest BCUT2D eigenvalue weighted by Crippen LogP contribution is -2.39. The summed E-state index contributed by atoms with van der Waals surface area (Å²) in [6.45, 7) is 5.79. The summed E-state index contributed by atoms with van der Waals surface area (Å²) in [6, 6.07) is 24.3. The third-order valence-electron chi connectivity index (χ3n) is 6.04. The van der Waals surface area contributed by atoms with Crippen molar-refractivity contribution < 1.29 is 14.3 Å². The Bertz CT molecular complexity index is 1670. The van der Waals surface area contributed by atoms with Crippen LogP contribution in [0.2, 0.25) is 0 Å². The monoisotopic (exact) mass is 510 g/mol. The predicted molar refractivity (Wildman–Crippen MR) is 145 cm³/mol. The Labute approximate surface area is 218 Å². The standard InChI is InChI=1S/C30H26N2O4S/c1-4-35-29(34)26-20(3)31-30-32(27(26)22-15-13-19(2)14-16-22)28(33)25(37-30)18-21-9-8-12-24(17-21)36-23-10-6-5-7-11-23/h5-18,27H,4H2,1-3H3/b25-18+/t27-/m0/s1. The van der Waals surface area contributed by atoms with Gasteiger partial charge in [0.2, 0.25) is 0 Å².